The number of methoxy groups -OCH3 is 1. The number of nitrogens with one attached hydrogen (secondary N) is 2. The number of alkyl halides is 1. The van der Waals surface area contributed by atoms with Gasteiger partial charge in [0.1, 0.15) is 5.88 Å². The van der Waals surface area contributed by atoms with Crippen LogP contribution in [0.15, 0.2) is 0 Å². The van der Waals surface area contributed by atoms with Crippen LogP contribution in [-0.2, 0) is 14.3 Å². The molecule has 82 valence electrons. The summed E-state index contributed by atoms with van der Waals surface area (Å²) in [6, 6.07) is 0. The molecule has 0 fully saturated rings. The fourth-order valence-electron chi connectivity index (χ4n) is 0.734. The first-order valence-corrected chi connectivity index (χ1v) is 4.82. The summed E-state index contributed by atoms with van der Waals surface area (Å²) in [5.74, 6) is -0.387. The number of hydrogen-bond acceptors (Lipinski definition) is 3. The molecule has 0 aliphatic carbocycles. The summed E-state index contributed by atoms with van der Waals surface area (Å²) in [5.41, 5.74) is 0. The Morgan fingerprint density at radius 3 is 2.29 bits per heavy atom. The van der Waals surface area contributed by atoms with E-state index in [-0.39, 0.29) is 17.7 Å². The number of carbonyl (C=O) groups is 2. The summed E-state index contributed by atoms with van der Waals surface area (Å²) in [6.07, 6.45) is 0.333. The maximum atomic E-state index is 11.0. The van der Waals surface area contributed by atoms with Crippen LogP contribution in [0.4, 0.5) is 0 Å². The Bertz CT molecular complexity index is 187. The van der Waals surface area contributed by atoms with Gasteiger partial charge in [0.2, 0.25) is 11.8 Å². The highest BCUT2D eigenvalue weighted by Gasteiger charge is 2.00. The van der Waals surface area contributed by atoms with Crippen molar-refractivity contribution in [3.05, 3.63) is 0 Å². The number of ether oxygens (including phenoxy) is 1. The van der Waals surface area contributed by atoms with Crippen LogP contribution in [0.2, 0.25) is 0 Å². The van der Waals surface area contributed by atoms with Gasteiger partial charge in [-0.05, 0) is 0 Å². The van der Waals surface area contributed by atoms with Gasteiger partial charge in [-0.3, -0.25) is 9.59 Å². The number of halogens is 1. The SMILES string of the molecule is COCCC(=O)NCCNC(=O)CCl. The van der Waals surface area contributed by atoms with Crippen molar-refractivity contribution in [3.63, 3.8) is 0 Å². The van der Waals surface area contributed by atoms with Crippen molar-refractivity contribution in [2.45, 2.75) is 6.42 Å². The molecule has 0 atom stereocenters. The van der Waals surface area contributed by atoms with E-state index in [1.165, 1.54) is 7.11 Å². The summed E-state index contributed by atoms with van der Waals surface area (Å²) >= 11 is 5.25. The fraction of sp³-hybridized carbons (Fsp3) is 0.750. The topological polar surface area (TPSA) is 67.4 Å². The zero-order valence-corrected chi connectivity index (χ0v) is 8.89. The van der Waals surface area contributed by atoms with Crippen LogP contribution >= 0.6 is 11.6 Å². The van der Waals surface area contributed by atoms with Crippen LogP contribution in [-0.4, -0.2) is 44.5 Å². The smallest absolute Gasteiger partial charge is 0.234 e. The van der Waals surface area contributed by atoms with Gasteiger partial charge in [-0.15, -0.1) is 11.6 Å². The minimum atomic E-state index is -0.238. The molecule has 0 spiro atoms. The Labute approximate surface area is 88.1 Å². The normalized spacial score (nSPS) is 9.57. The minimum Gasteiger partial charge on any atom is -0.384 e. The third kappa shape index (κ3) is 7.82. The van der Waals surface area contributed by atoms with Gasteiger partial charge in [-0.1, -0.05) is 0 Å². The maximum Gasteiger partial charge on any atom is 0.234 e. The van der Waals surface area contributed by atoms with E-state index in [0.29, 0.717) is 26.1 Å². The number of hydrogen-bond donors (Lipinski definition) is 2. The summed E-state index contributed by atoms with van der Waals surface area (Å²) in [5, 5.41) is 5.15. The van der Waals surface area contributed by atoms with E-state index >= 15 is 0 Å². The maximum absolute atomic E-state index is 11.0. The molecule has 0 heterocycles. The quantitative estimate of drug-likeness (QED) is 0.451. The van der Waals surface area contributed by atoms with Gasteiger partial charge in [0.05, 0.1) is 6.61 Å². The molecule has 0 saturated carbocycles. The van der Waals surface area contributed by atoms with Crippen molar-refractivity contribution in [2.75, 3.05) is 32.7 Å². The molecule has 2 N–H and O–H groups in total. The predicted octanol–water partition coefficient (Wildman–Crippen LogP) is -0.506. The second kappa shape index (κ2) is 8.77. The summed E-state index contributed by atoms with van der Waals surface area (Å²) in [7, 11) is 1.54. The van der Waals surface area contributed by atoms with Crippen LogP contribution < -0.4 is 10.6 Å². The van der Waals surface area contributed by atoms with Crippen molar-refractivity contribution in [2.24, 2.45) is 0 Å². The van der Waals surface area contributed by atoms with Gasteiger partial charge in [-0.25, -0.2) is 0 Å². The van der Waals surface area contributed by atoms with Gasteiger partial charge < -0.3 is 15.4 Å². The average Bonchev–Trinajstić information content (AvgIpc) is 2.21. The molecule has 0 saturated heterocycles. The zero-order chi connectivity index (χ0) is 10.8. The lowest BCUT2D eigenvalue weighted by molar-refractivity contribution is -0.122. The lowest BCUT2D eigenvalue weighted by atomic mass is 10.4. The van der Waals surface area contributed by atoms with E-state index in [4.69, 9.17) is 16.3 Å². The molecule has 0 aromatic heterocycles. The summed E-state index contributed by atoms with van der Waals surface area (Å²) in [4.78, 5) is 21.6. The molecular weight excluding hydrogens is 208 g/mol. The van der Waals surface area contributed by atoms with E-state index in [0.717, 1.165) is 0 Å². The first kappa shape index (κ1) is 13.2. The minimum absolute atomic E-state index is 0.0579. The van der Waals surface area contributed by atoms with E-state index in [2.05, 4.69) is 10.6 Å². The molecule has 2 amide bonds. The van der Waals surface area contributed by atoms with Crippen molar-refractivity contribution in [3.8, 4) is 0 Å². The zero-order valence-electron chi connectivity index (χ0n) is 8.14. The van der Waals surface area contributed by atoms with E-state index < -0.39 is 0 Å². The molecule has 5 nitrogen and oxygen atoms in total. The van der Waals surface area contributed by atoms with Crippen LogP contribution in [0.1, 0.15) is 6.42 Å². The summed E-state index contributed by atoms with van der Waals surface area (Å²) < 4.78 is 4.73. The fourth-order valence-corrected chi connectivity index (χ4v) is 0.829. The van der Waals surface area contributed by atoms with Gasteiger partial charge in [0, 0.05) is 26.6 Å². The average molecular weight is 223 g/mol. The van der Waals surface area contributed by atoms with Gasteiger partial charge in [0.15, 0.2) is 0 Å². The molecule has 14 heavy (non-hydrogen) atoms. The second-order valence-corrected chi connectivity index (χ2v) is 2.84. The second-order valence-electron chi connectivity index (χ2n) is 2.58. The summed E-state index contributed by atoms with van der Waals surface area (Å²) in [6.45, 7) is 1.20. The molecule has 0 aromatic carbocycles. The van der Waals surface area contributed by atoms with Crippen molar-refractivity contribution >= 4 is 23.4 Å². The first-order valence-electron chi connectivity index (χ1n) is 4.29. The van der Waals surface area contributed by atoms with E-state index in [1.807, 2.05) is 0 Å². The first-order chi connectivity index (χ1) is 6.70. The largest absolute Gasteiger partial charge is 0.384 e. The van der Waals surface area contributed by atoms with E-state index in [1.54, 1.807) is 0 Å². The molecule has 0 aromatic rings. The highest BCUT2D eigenvalue weighted by atomic mass is 35.5. The number of amides is 2. The molecule has 0 bridgehead atoms. The number of carbonyl (C=O) groups excluding carboxylic acids is 2. The number of rotatable bonds is 7. The molecule has 0 unspecified atom stereocenters. The standard InChI is InChI=1S/C8H15ClN2O3/c1-14-5-2-7(12)10-3-4-11-8(13)6-9/h2-6H2,1H3,(H,10,12)(H,11,13). The highest BCUT2D eigenvalue weighted by Crippen LogP contribution is 1.79. The van der Waals surface area contributed by atoms with Crippen LogP contribution in [0.5, 0.6) is 0 Å². The van der Waals surface area contributed by atoms with Crippen LogP contribution in [0, 0.1) is 0 Å². The monoisotopic (exact) mass is 222 g/mol. The third-order valence-electron chi connectivity index (χ3n) is 1.42. The van der Waals surface area contributed by atoms with Crippen molar-refractivity contribution in [1.29, 1.82) is 0 Å². The Hall–Kier alpha value is -0.810. The third-order valence-corrected chi connectivity index (χ3v) is 1.67. The van der Waals surface area contributed by atoms with Gasteiger partial charge >= 0.3 is 0 Å². The Morgan fingerprint density at radius 2 is 1.79 bits per heavy atom. The highest BCUT2D eigenvalue weighted by molar-refractivity contribution is 6.27. The molecule has 0 aliphatic heterocycles. The molecule has 0 aliphatic rings. The Kier molecular flexibility index (Phi) is 8.27. The van der Waals surface area contributed by atoms with Gasteiger partial charge in [0.25, 0.3) is 0 Å². The van der Waals surface area contributed by atoms with Gasteiger partial charge in [-0.2, -0.15) is 0 Å². The molecule has 0 radical (unpaired) electrons. The Balaban J connectivity index is 3.27. The predicted molar refractivity (Wildman–Crippen MR) is 53.2 cm³/mol. The molecule has 6 heteroatoms. The lowest BCUT2D eigenvalue weighted by Gasteiger charge is -2.05. The lowest BCUT2D eigenvalue weighted by Crippen LogP contribution is -2.35. The van der Waals surface area contributed by atoms with Crippen LogP contribution in [0.3, 0.4) is 0 Å². The van der Waals surface area contributed by atoms with Crippen LogP contribution in [0.25, 0.3) is 0 Å². The molecule has 0 rings (SSSR count). The van der Waals surface area contributed by atoms with E-state index in [9.17, 15) is 9.59 Å². The van der Waals surface area contributed by atoms with Crippen molar-refractivity contribution < 1.29 is 14.3 Å². The Morgan fingerprint density at radius 1 is 1.21 bits per heavy atom. The molecular formula is C8H15ClN2O3. The van der Waals surface area contributed by atoms with Crippen molar-refractivity contribution in [1.82, 2.24) is 10.6 Å².